The van der Waals surface area contributed by atoms with E-state index in [0.717, 1.165) is 18.9 Å². The molecule has 2 bridgehead atoms. The summed E-state index contributed by atoms with van der Waals surface area (Å²) in [6.45, 7) is -0.265. The van der Waals surface area contributed by atoms with Crippen molar-refractivity contribution in [3.63, 3.8) is 0 Å². The molecule has 4 saturated carbocycles. The van der Waals surface area contributed by atoms with Crippen LogP contribution in [0.15, 0.2) is 28.8 Å². The fourth-order valence-electron chi connectivity index (χ4n) is 5.46. The minimum absolute atomic E-state index is 0.0274. The van der Waals surface area contributed by atoms with Gasteiger partial charge in [0.25, 0.3) is 11.8 Å². The Morgan fingerprint density at radius 1 is 1.20 bits per heavy atom. The summed E-state index contributed by atoms with van der Waals surface area (Å²) in [6, 6.07) is 3.83. The molecule has 35 heavy (non-hydrogen) atoms. The van der Waals surface area contributed by atoms with Gasteiger partial charge in [0.1, 0.15) is 11.6 Å². The molecule has 7 nitrogen and oxygen atoms in total. The second-order valence-corrected chi connectivity index (χ2v) is 10.2. The van der Waals surface area contributed by atoms with Crippen molar-refractivity contribution in [1.29, 1.82) is 0 Å². The van der Waals surface area contributed by atoms with Crippen LogP contribution >= 0.6 is 11.6 Å². The van der Waals surface area contributed by atoms with Gasteiger partial charge >= 0.3 is 0 Å². The predicted octanol–water partition coefficient (Wildman–Crippen LogP) is 4.61. The van der Waals surface area contributed by atoms with Gasteiger partial charge in [0.2, 0.25) is 11.7 Å². The number of ether oxygens (including phenoxy) is 1. The van der Waals surface area contributed by atoms with E-state index < -0.39 is 23.2 Å². The van der Waals surface area contributed by atoms with E-state index in [0.29, 0.717) is 12.3 Å². The number of nitrogens with zero attached hydrogens (tertiary/aromatic N) is 1. The Labute approximate surface area is 204 Å². The van der Waals surface area contributed by atoms with Gasteiger partial charge in [-0.2, -0.15) is 0 Å². The maximum atomic E-state index is 13.5. The van der Waals surface area contributed by atoms with E-state index in [9.17, 15) is 22.8 Å². The number of hydrogen-bond donors (Lipinski definition) is 2. The number of carbonyl (C=O) groups is 2. The summed E-state index contributed by atoms with van der Waals surface area (Å²) < 4.78 is 51.2. The van der Waals surface area contributed by atoms with E-state index in [-0.39, 0.29) is 72.6 Å². The number of rotatable bonds is 7. The van der Waals surface area contributed by atoms with Crippen LogP contribution < -0.4 is 15.4 Å². The molecule has 1 unspecified atom stereocenters. The summed E-state index contributed by atoms with van der Waals surface area (Å²) in [7, 11) is 0. The van der Waals surface area contributed by atoms with Crippen molar-refractivity contribution in [2.75, 3.05) is 6.61 Å². The first-order valence-corrected chi connectivity index (χ1v) is 12.0. The average Bonchev–Trinajstić information content (AvgIpc) is 3.48. The summed E-state index contributed by atoms with van der Waals surface area (Å²) in [5.74, 6) is -3.39. The van der Waals surface area contributed by atoms with Crippen molar-refractivity contribution >= 4 is 23.4 Å². The minimum Gasteiger partial charge on any atom is -0.484 e. The smallest absolute Gasteiger partial charge is 0.288 e. The zero-order valence-corrected chi connectivity index (χ0v) is 19.5. The molecule has 0 saturated heterocycles. The van der Waals surface area contributed by atoms with Crippen LogP contribution in [0.4, 0.5) is 13.2 Å². The van der Waals surface area contributed by atoms with Crippen molar-refractivity contribution in [2.24, 2.45) is 5.92 Å². The Morgan fingerprint density at radius 2 is 1.94 bits per heavy atom. The van der Waals surface area contributed by atoms with Crippen molar-refractivity contribution < 1.29 is 31.9 Å². The van der Waals surface area contributed by atoms with Crippen molar-refractivity contribution in [3.8, 4) is 5.75 Å². The molecule has 6 rings (SSSR count). The maximum Gasteiger partial charge on any atom is 0.288 e. The molecule has 0 spiro atoms. The number of halogens is 4. The van der Waals surface area contributed by atoms with Gasteiger partial charge in [0.05, 0.1) is 11.2 Å². The third kappa shape index (κ3) is 5.12. The number of aromatic nitrogens is 1. The van der Waals surface area contributed by atoms with Crippen molar-refractivity contribution in [3.05, 3.63) is 46.9 Å². The van der Waals surface area contributed by atoms with E-state index in [1.54, 1.807) is 0 Å². The Morgan fingerprint density at radius 3 is 2.66 bits per heavy atom. The van der Waals surface area contributed by atoms with E-state index in [1.165, 1.54) is 18.3 Å². The highest BCUT2D eigenvalue weighted by atomic mass is 35.5. The molecule has 1 aromatic heterocycles. The fraction of sp³-hybridized carbons (Fsp3) is 0.542. The number of hydrogen-bond acceptors (Lipinski definition) is 5. The molecular weight excluding hydrogens is 487 g/mol. The molecule has 2 amide bonds. The lowest BCUT2D eigenvalue weighted by Gasteiger charge is -2.39. The monoisotopic (exact) mass is 511 g/mol. The lowest BCUT2D eigenvalue weighted by molar-refractivity contribution is -0.125. The topological polar surface area (TPSA) is 93.5 Å². The molecule has 2 aromatic rings. The second-order valence-electron chi connectivity index (χ2n) is 9.84. The molecule has 1 atom stereocenters. The first-order valence-electron chi connectivity index (χ1n) is 11.6. The number of fused-ring (bicyclic) bond motifs is 1. The molecular formula is C24H25ClF3N3O4. The minimum atomic E-state index is -2.64. The summed E-state index contributed by atoms with van der Waals surface area (Å²) >= 11 is 5.64. The van der Waals surface area contributed by atoms with Gasteiger partial charge < -0.3 is 19.8 Å². The van der Waals surface area contributed by atoms with Crippen LogP contribution in [0.5, 0.6) is 5.75 Å². The van der Waals surface area contributed by atoms with Crippen molar-refractivity contribution in [2.45, 2.75) is 68.4 Å². The number of oxazole rings is 1. The SMILES string of the molecule is O=C(COc1ccc(Cl)c(F)c1)NC12CC(C1)C(NC(=O)c1cnc(C3CCC(F)(F)CC3)o1)C2. The molecule has 4 aliphatic rings. The zero-order chi connectivity index (χ0) is 24.8. The van der Waals surface area contributed by atoms with Gasteiger partial charge in [-0.1, -0.05) is 11.6 Å². The van der Waals surface area contributed by atoms with Crippen LogP contribution in [0.3, 0.4) is 0 Å². The molecule has 0 aliphatic heterocycles. The predicted molar refractivity (Wildman–Crippen MR) is 119 cm³/mol. The van der Waals surface area contributed by atoms with Crippen LogP contribution in [0, 0.1) is 11.7 Å². The van der Waals surface area contributed by atoms with Gasteiger partial charge in [0.15, 0.2) is 12.5 Å². The largest absolute Gasteiger partial charge is 0.484 e. The Hall–Kier alpha value is -2.75. The average molecular weight is 512 g/mol. The van der Waals surface area contributed by atoms with Crippen LogP contribution in [0.1, 0.15) is 67.3 Å². The van der Waals surface area contributed by atoms with Gasteiger partial charge in [-0.05, 0) is 50.2 Å². The Bertz CT molecular complexity index is 1120. The standard InChI is InChI=1S/C24H25ClF3N3O4/c25-16-2-1-15(7-17(16)26)34-12-20(32)31-23-8-14(9-23)18(10-23)30-21(33)19-11-29-22(35-19)13-3-5-24(27,28)6-4-13/h1-2,7,11,13-14,18H,3-6,8-10,12H2,(H,30,33)(H,31,32). The Balaban J connectivity index is 1.10. The first-order chi connectivity index (χ1) is 16.6. The van der Waals surface area contributed by atoms with Crippen LogP contribution in [0.25, 0.3) is 0 Å². The first kappa shape index (κ1) is 24.0. The number of benzene rings is 1. The quantitative estimate of drug-likeness (QED) is 0.566. The number of carbonyl (C=O) groups excluding carboxylic acids is 2. The highest BCUT2D eigenvalue weighted by Gasteiger charge is 2.57. The summed E-state index contributed by atoms with van der Waals surface area (Å²) in [5, 5.41) is 5.91. The molecule has 0 radical (unpaired) electrons. The van der Waals surface area contributed by atoms with Gasteiger partial charge in [-0.25, -0.2) is 18.2 Å². The summed E-state index contributed by atoms with van der Waals surface area (Å²) in [5.41, 5.74) is -0.409. The summed E-state index contributed by atoms with van der Waals surface area (Å²) in [4.78, 5) is 29.2. The molecule has 11 heteroatoms. The van der Waals surface area contributed by atoms with E-state index in [2.05, 4.69) is 15.6 Å². The van der Waals surface area contributed by atoms with Gasteiger partial charge in [-0.15, -0.1) is 0 Å². The zero-order valence-electron chi connectivity index (χ0n) is 18.8. The lowest BCUT2D eigenvalue weighted by atomic mass is 9.76. The Kier molecular flexibility index (Phi) is 6.19. The van der Waals surface area contributed by atoms with Crippen LogP contribution in [0.2, 0.25) is 5.02 Å². The lowest BCUT2D eigenvalue weighted by Crippen LogP contribution is -2.53. The molecule has 4 aliphatic carbocycles. The van der Waals surface area contributed by atoms with Crippen LogP contribution in [-0.4, -0.2) is 40.9 Å². The van der Waals surface area contributed by atoms with E-state index in [4.69, 9.17) is 20.8 Å². The maximum absolute atomic E-state index is 13.5. The van der Waals surface area contributed by atoms with Gasteiger partial charge in [-0.3, -0.25) is 9.59 Å². The third-order valence-corrected chi connectivity index (χ3v) is 7.59. The fourth-order valence-corrected chi connectivity index (χ4v) is 5.58. The van der Waals surface area contributed by atoms with E-state index >= 15 is 0 Å². The number of amides is 2. The third-order valence-electron chi connectivity index (χ3n) is 7.28. The van der Waals surface area contributed by atoms with E-state index in [1.807, 2.05) is 0 Å². The highest BCUT2D eigenvalue weighted by Crippen LogP contribution is 2.52. The van der Waals surface area contributed by atoms with Crippen molar-refractivity contribution in [1.82, 2.24) is 15.6 Å². The molecule has 4 fully saturated rings. The summed E-state index contributed by atoms with van der Waals surface area (Å²) in [6.07, 6.45) is 3.51. The second kappa shape index (κ2) is 9.04. The number of alkyl halides is 2. The number of nitrogens with one attached hydrogen (secondary N) is 2. The normalized spacial score (nSPS) is 27.2. The highest BCUT2D eigenvalue weighted by molar-refractivity contribution is 6.30. The van der Waals surface area contributed by atoms with Crippen LogP contribution in [-0.2, 0) is 4.79 Å². The van der Waals surface area contributed by atoms with Gasteiger partial charge in [0, 0.05) is 36.4 Å². The molecule has 188 valence electrons. The molecule has 1 heterocycles. The molecule has 1 aromatic carbocycles. The molecule has 2 N–H and O–H groups in total.